The summed E-state index contributed by atoms with van der Waals surface area (Å²) in [7, 11) is 0. The van der Waals surface area contributed by atoms with Crippen molar-refractivity contribution in [3.63, 3.8) is 0 Å². The normalized spacial score (nSPS) is 14.9. The van der Waals surface area contributed by atoms with Gasteiger partial charge in [0.2, 0.25) is 0 Å². The van der Waals surface area contributed by atoms with E-state index in [0.29, 0.717) is 13.1 Å². The van der Waals surface area contributed by atoms with Gasteiger partial charge in [-0.05, 0) is 38.3 Å². The number of hydrogen-bond acceptors (Lipinski definition) is 6. The first-order valence-corrected chi connectivity index (χ1v) is 8.89. The molecule has 0 aliphatic carbocycles. The highest BCUT2D eigenvalue weighted by Gasteiger charge is 2.24. The summed E-state index contributed by atoms with van der Waals surface area (Å²) in [6.45, 7) is 2.96. The van der Waals surface area contributed by atoms with Gasteiger partial charge in [0.25, 0.3) is 17.5 Å². The van der Waals surface area contributed by atoms with Crippen LogP contribution >= 0.6 is 0 Å². The van der Waals surface area contributed by atoms with E-state index in [9.17, 15) is 24.5 Å². The monoisotopic (exact) mass is 377 g/mol. The molecular weight excluding hydrogens is 354 g/mol. The quantitative estimate of drug-likeness (QED) is 0.438. The number of amides is 2. The highest BCUT2D eigenvalue weighted by molar-refractivity contribution is 5.94. The van der Waals surface area contributed by atoms with Gasteiger partial charge in [0.15, 0.2) is 6.10 Å². The third-order valence-corrected chi connectivity index (χ3v) is 4.28. The Labute approximate surface area is 156 Å². The topological polar surface area (TPSA) is 119 Å². The van der Waals surface area contributed by atoms with E-state index in [0.717, 1.165) is 19.3 Å². The molecule has 9 heteroatoms. The van der Waals surface area contributed by atoms with Crippen molar-refractivity contribution >= 4 is 23.5 Å². The van der Waals surface area contributed by atoms with E-state index in [1.54, 1.807) is 11.8 Å². The molecular formula is C18H23N3O6. The predicted octanol–water partition coefficient (Wildman–Crippen LogP) is 1.66. The zero-order valence-electron chi connectivity index (χ0n) is 15.2. The average Bonchev–Trinajstić information content (AvgIpc) is 2.67. The lowest BCUT2D eigenvalue weighted by atomic mass is 10.1. The molecule has 27 heavy (non-hydrogen) atoms. The molecule has 1 fully saturated rings. The summed E-state index contributed by atoms with van der Waals surface area (Å²) in [5.41, 5.74) is 0.144. The number of esters is 1. The van der Waals surface area contributed by atoms with Crippen molar-refractivity contribution in [2.75, 3.05) is 19.6 Å². The molecule has 0 spiro atoms. The Bertz CT molecular complexity index is 698. The summed E-state index contributed by atoms with van der Waals surface area (Å²) in [6.07, 6.45) is 2.10. The van der Waals surface area contributed by atoms with E-state index in [2.05, 4.69) is 5.32 Å². The van der Waals surface area contributed by atoms with Gasteiger partial charge < -0.3 is 15.0 Å². The molecule has 9 nitrogen and oxygen atoms in total. The molecule has 146 valence electrons. The van der Waals surface area contributed by atoms with Gasteiger partial charge in [-0.1, -0.05) is 0 Å². The van der Waals surface area contributed by atoms with E-state index >= 15 is 0 Å². The van der Waals surface area contributed by atoms with Gasteiger partial charge in [-0.3, -0.25) is 24.5 Å². The Morgan fingerprint density at radius 1 is 1.19 bits per heavy atom. The molecule has 0 bridgehead atoms. The number of rotatable bonds is 7. The molecule has 0 saturated carbocycles. The van der Waals surface area contributed by atoms with Gasteiger partial charge in [0.1, 0.15) is 0 Å². The molecule has 0 radical (unpaired) electrons. The standard InChI is InChI=1S/C18H23N3O6/c1-13(18(24)20-11-3-2-4-12-20)27-16(22)9-10-19-17(23)14-5-7-15(8-6-14)21(25)26/h5-8,13H,2-4,9-12H2,1H3,(H,19,23)/t13-/m0/s1. The van der Waals surface area contributed by atoms with Crippen LogP contribution in [0.15, 0.2) is 24.3 Å². The molecule has 0 unspecified atom stereocenters. The van der Waals surface area contributed by atoms with Crippen molar-refractivity contribution < 1.29 is 24.0 Å². The minimum absolute atomic E-state index is 0.0410. The van der Waals surface area contributed by atoms with E-state index in [1.807, 2.05) is 0 Å². The van der Waals surface area contributed by atoms with Crippen molar-refractivity contribution in [2.45, 2.75) is 38.7 Å². The Balaban J connectivity index is 1.72. The van der Waals surface area contributed by atoms with Crippen LogP contribution in [0.1, 0.15) is 43.0 Å². The number of nitro benzene ring substituents is 1. The third-order valence-electron chi connectivity index (χ3n) is 4.28. The minimum atomic E-state index is -0.846. The fourth-order valence-corrected chi connectivity index (χ4v) is 2.79. The summed E-state index contributed by atoms with van der Waals surface area (Å²) >= 11 is 0. The predicted molar refractivity (Wildman–Crippen MR) is 96.0 cm³/mol. The number of non-ortho nitro benzene ring substituents is 1. The fourth-order valence-electron chi connectivity index (χ4n) is 2.79. The summed E-state index contributed by atoms with van der Waals surface area (Å²) in [4.78, 5) is 47.8. The molecule has 2 amide bonds. The van der Waals surface area contributed by atoms with E-state index in [4.69, 9.17) is 4.74 Å². The first-order chi connectivity index (χ1) is 12.9. The van der Waals surface area contributed by atoms with Crippen LogP contribution < -0.4 is 5.32 Å². The summed E-state index contributed by atoms with van der Waals surface area (Å²) in [5, 5.41) is 13.1. The average molecular weight is 377 g/mol. The number of piperidine rings is 1. The van der Waals surface area contributed by atoms with Crippen molar-refractivity contribution in [2.24, 2.45) is 0 Å². The molecule has 0 aromatic heterocycles. The van der Waals surface area contributed by atoms with Crippen molar-refractivity contribution in [3.8, 4) is 0 Å². The second-order valence-electron chi connectivity index (χ2n) is 6.33. The minimum Gasteiger partial charge on any atom is -0.452 e. The fraction of sp³-hybridized carbons (Fsp3) is 0.500. The van der Waals surface area contributed by atoms with Crippen LogP contribution in [0.4, 0.5) is 5.69 Å². The molecule has 1 atom stereocenters. The largest absolute Gasteiger partial charge is 0.452 e. The van der Waals surface area contributed by atoms with Crippen LogP contribution in [0.5, 0.6) is 0 Å². The molecule has 1 aliphatic heterocycles. The Morgan fingerprint density at radius 2 is 1.81 bits per heavy atom. The lowest BCUT2D eigenvalue weighted by molar-refractivity contribution is -0.384. The van der Waals surface area contributed by atoms with Gasteiger partial charge >= 0.3 is 5.97 Å². The zero-order valence-corrected chi connectivity index (χ0v) is 15.2. The van der Waals surface area contributed by atoms with Gasteiger partial charge in [-0.2, -0.15) is 0 Å². The number of nitro groups is 1. The highest BCUT2D eigenvalue weighted by Crippen LogP contribution is 2.12. The van der Waals surface area contributed by atoms with Crippen LogP contribution in [0.25, 0.3) is 0 Å². The number of benzene rings is 1. The van der Waals surface area contributed by atoms with Gasteiger partial charge in [0.05, 0.1) is 11.3 Å². The Morgan fingerprint density at radius 3 is 2.41 bits per heavy atom. The molecule has 1 heterocycles. The number of carbonyl (C=O) groups excluding carboxylic acids is 3. The van der Waals surface area contributed by atoms with E-state index in [1.165, 1.54) is 24.3 Å². The Kier molecular flexibility index (Phi) is 7.27. The number of nitrogens with zero attached hydrogens (tertiary/aromatic N) is 2. The van der Waals surface area contributed by atoms with Crippen molar-refractivity contribution in [1.82, 2.24) is 10.2 Å². The smallest absolute Gasteiger partial charge is 0.308 e. The van der Waals surface area contributed by atoms with Crippen molar-refractivity contribution in [1.29, 1.82) is 0 Å². The molecule has 1 aromatic carbocycles. The van der Waals surface area contributed by atoms with Gasteiger partial charge in [-0.15, -0.1) is 0 Å². The number of hydrogen-bond donors (Lipinski definition) is 1. The van der Waals surface area contributed by atoms with Crippen molar-refractivity contribution in [3.05, 3.63) is 39.9 Å². The van der Waals surface area contributed by atoms with Gasteiger partial charge in [0, 0.05) is 37.3 Å². The van der Waals surface area contributed by atoms with E-state index in [-0.39, 0.29) is 30.1 Å². The highest BCUT2D eigenvalue weighted by atomic mass is 16.6. The second-order valence-corrected chi connectivity index (χ2v) is 6.33. The first kappa shape index (κ1) is 20.3. The Hall–Kier alpha value is -2.97. The lowest BCUT2D eigenvalue weighted by Gasteiger charge is -2.28. The number of nitrogens with one attached hydrogen (secondary N) is 1. The van der Waals surface area contributed by atoms with Crippen LogP contribution in [0, 0.1) is 10.1 Å². The number of likely N-dealkylation sites (tertiary alicyclic amines) is 1. The summed E-state index contributed by atoms with van der Waals surface area (Å²) in [6, 6.07) is 5.14. The zero-order chi connectivity index (χ0) is 19.8. The van der Waals surface area contributed by atoms with Crippen LogP contribution in [0.2, 0.25) is 0 Å². The molecule has 2 rings (SSSR count). The van der Waals surface area contributed by atoms with Gasteiger partial charge in [-0.25, -0.2) is 0 Å². The first-order valence-electron chi connectivity index (χ1n) is 8.89. The molecule has 1 N–H and O–H groups in total. The third kappa shape index (κ3) is 6.05. The summed E-state index contributed by atoms with van der Waals surface area (Å²) < 4.78 is 5.14. The van der Waals surface area contributed by atoms with Crippen LogP contribution in [0.3, 0.4) is 0 Å². The number of carbonyl (C=O) groups is 3. The maximum Gasteiger partial charge on any atom is 0.308 e. The summed E-state index contributed by atoms with van der Waals surface area (Å²) in [5.74, 6) is -1.22. The maximum atomic E-state index is 12.2. The van der Waals surface area contributed by atoms with E-state index < -0.39 is 22.9 Å². The second kappa shape index (κ2) is 9.65. The SMILES string of the molecule is C[C@H](OC(=O)CCNC(=O)c1ccc([N+](=O)[O-])cc1)C(=O)N1CCCCC1. The number of ether oxygens (including phenoxy) is 1. The molecule has 1 saturated heterocycles. The molecule has 1 aromatic rings. The molecule has 1 aliphatic rings. The maximum absolute atomic E-state index is 12.2. The van der Waals surface area contributed by atoms with Crippen LogP contribution in [-0.2, 0) is 14.3 Å². The van der Waals surface area contributed by atoms with Crippen LogP contribution in [-0.4, -0.2) is 53.3 Å². The lowest BCUT2D eigenvalue weighted by Crippen LogP contribution is -2.42.